The fraction of sp³-hybridized carbons (Fsp3) is 0.846. The van der Waals surface area contributed by atoms with Gasteiger partial charge in [0.25, 0.3) is 0 Å². The quantitative estimate of drug-likeness (QED) is 0.773. The minimum atomic E-state index is -0.632. The lowest BCUT2D eigenvalue weighted by molar-refractivity contribution is -0.158. The van der Waals surface area contributed by atoms with Crippen molar-refractivity contribution in [3.63, 3.8) is 0 Å². The third kappa shape index (κ3) is 4.64. The predicted octanol–water partition coefficient (Wildman–Crippen LogP) is 1.26. The van der Waals surface area contributed by atoms with E-state index < -0.39 is 17.6 Å². The Balaban J connectivity index is 2.42. The highest BCUT2D eigenvalue weighted by atomic mass is 16.6. The van der Waals surface area contributed by atoms with E-state index in [4.69, 9.17) is 9.47 Å². The Morgan fingerprint density at radius 1 is 1.39 bits per heavy atom. The fourth-order valence-corrected chi connectivity index (χ4v) is 1.78. The van der Waals surface area contributed by atoms with Crippen molar-refractivity contribution in [2.75, 3.05) is 6.61 Å². The van der Waals surface area contributed by atoms with Crippen LogP contribution in [-0.2, 0) is 19.1 Å². The molecule has 1 heterocycles. The zero-order chi connectivity index (χ0) is 13.9. The molecule has 1 saturated heterocycles. The Labute approximate surface area is 108 Å². The largest absolute Gasteiger partial charge is 0.458 e. The van der Waals surface area contributed by atoms with Crippen LogP contribution >= 0.6 is 0 Å². The van der Waals surface area contributed by atoms with Crippen molar-refractivity contribution in [1.29, 1.82) is 0 Å². The second kappa shape index (κ2) is 5.69. The zero-order valence-corrected chi connectivity index (χ0v) is 11.8. The van der Waals surface area contributed by atoms with Crippen LogP contribution < -0.4 is 5.32 Å². The number of rotatable bonds is 3. The minimum absolute atomic E-state index is 0.109. The second-order valence-electron chi connectivity index (χ2n) is 5.84. The molecule has 5 heteroatoms. The first-order chi connectivity index (χ1) is 8.19. The molecule has 0 radical (unpaired) electrons. The van der Waals surface area contributed by atoms with Crippen molar-refractivity contribution in [3.05, 3.63) is 0 Å². The normalized spacial score (nSPS) is 25.6. The van der Waals surface area contributed by atoms with Crippen molar-refractivity contribution >= 4 is 11.9 Å². The first-order valence-corrected chi connectivity index (χ1v) is 6.34. The number of hydrogen-bond acceptors (Lipinski definition) is 4. The van der Waals surface area contributed by atoms with Gasteiger partial charge in [-0.15, -0.1) is 0 Å². The lowest BCUT2D eigenvalue weighted by atomic mass is 10.1. The summed E-state index contributed by atoms with van der Waals surface area (Å²) < 4.78 is 10.5. The van der Waals surface area contributed by atoms with Crippen LogP contribution in [-0.4, -0.2) is 36.2 Å². The van der Waals surface area contributed by atoms with E-state index in [1.54, 1.807) is 27.7 Å². The van der Waals surface area contributed by atoms with E-state index in [1.165, 1.54) is 0 Å². The molecule has 1 aliphatic rings. The van der Waals surface area contributed by atoms with Gasteiger partial charge in [0, 0.05) is 0 Å². The highest BCUT2D eigenvalue weighted by Crippen LogP contribution is 2.19. The smallest absolute Gasteiger partial charge is 0.328 e. The third-order valence-electron chi connectivity index (χ3n) is 2.69. The molecule has 5 nitrogen and oxygen atoms in total. The van der Waals surface area contributed by atoms with Gasteiger partial charge >= 0.3 is 5.97 Å². The van der Waals surface area contributed by atoms with Crippen LogP contribution in [0.2, 0.25) is 0 Å². The monoisotopic (exact) mass is 257 g/mol. The van der Waals surface area contributed by atoms with Gasteiger partial charge in [-0.1, -0.05) is 0 Å². The molecule has 1 aliphatic heterocycles. The molecule has 104 valence electrons. The molecule has 1 N–H and O–H groups in total. The summed E-state index contributed by atoms with van der Waals surface area (Å²) in [5.74, 6) is -0.717. The summed E-state index contributed by atoms with van der Waals surface area (Å²) >= 11 is 0. The number of esters is 1. The van der Waals surface area contributed by atoms with Crippen molar-refractivity contribution < 1.29 is 19.1 Å². The second-order valence-corrected chi connectivity index (χ2v) is 5.84. The van der Waals surface area contributed by atoms with E-state index in [1.807, 2.05) is 6.92 Å². The van der Waals surface area contributed by atoms with Gasteiger partial charge in [-0.3, -0.25) is 4.79 Å². The Morgan fingerprint density at radius 3 is 2.44 bits per heavy atom. The predicted molar refractivity (Wildman–Crippen MR) is 67.0 cm³/mol. The van der Waals surface area contributed by atoms with Gasteiger partial charge in [-0.2, -0.15) is 0 Å². The SMILES string of the molecule is CC1CC(C(=O)N[C@H](C)C(=O)OC(C)(C)C)CO1. The molecule has 1 fully saturated rings. The Kier molecular flexibility index (Phi) is 4.73. The highest BCUT2D eigenvalue weighted by molar-refractivity contribution is 5.85. The van der Waals surface area contributed by atoms with Gasteiger partial charge in [0.2, 0.25) is 5.91 Å². The van der Waals surface area contributed by atoms with Crippen molar-refractivity contribution in [3.8, 4) is 0 Å². The third-order valence-corrected chi connectivity index (χ3v) is 2.69. The molecule has 0 spiro atoms. The summed E-state index contributed by atoms with van der Waals surface area (Å²) in [6, 6.07) is -0.632. The lowest BCUT2D eigenvalue weighted by Gasteiger charge is -2.23. The number of amides is 1. The van der Waals surface area contributed by atoms with Crippen LogP contribution in [0.5, 0.6) is 0 Å². The molecule has 1 amide bonds. The highest BCUT2D eigenvalue weighted by Gasteiger charge is 2.31. The summed E-state index contributed by atoms with van der Waals surface area (Å²) in [5, 5.41) is 2.67. The maximum absolute atomic E-state index is 11.9. The van der Waals surface area contributed by atoms with Gasteiger partial charge in [0.1, 0.15) is 11.6 Å². The van der Waals surface area contributed by atoms with Gasteiger partial charge < -0.3 is 14.8 Å². The topological polar surface area (TPSA) is 64.6 Å². The average Bonchev–Trinajstić information content (AvgIpc) is 2.62. The Hall–Kier alpha value is -1.10. The summed E-state index contributed by atoms with van der Waals surface area (Å²) in [5.41, 5.74) is -0.541. The molecule has 0 aliphatic carbocycles. The molecular formula is C13H23NO4. The molecule has 0 saturated carbocycles. The van der Waals surface area contributed by atoms with E-state index in [9.17, 15) is 9.59 Å². The van der Waals surface area contributed by atoms with E-state index in [0.717, 1.165) is 0 Å². The lowest BCUT2D eigenvalue weighted by Crippen LogP contribution is -2.44. The molecule has 18 heavy (non-hydrogen) atoms. The molecule has 0 aromatic heterocycles. The fourth-order valence-electron chi connectivity index (χ4n) is 1.78. The van der Waals surface area contributed by atoms with Gasteiger partial charge in [0.15, 0.2) is 0 Å². The molecular weight excluding hydrogens is 234 g/mol. The number of ether oxygens (including phenoxy) is 2. The van der Waals surface area contributed by atoms with Crippen LogP contribution in [0.1, 0.15) is 41.0 Å². The van der Waals surface area contributed by atoms with Crippen molar-refractivity contribution in [1.82, 2.24) is 5.32 Å². The summed E-state index contributed by atoms with van der Waals surface area (Å²) in [4.78, 5) is 23.6. The van der Waals surface area contributed by atoms with Gasteiger partial charge in [0.05, 0.1) is 18.6 Å². The van der Waals surface area contributed by atoms with Crippen LogP contribution in [0.4, 0.5) is 0 Å². The van der Waals surface area contributed by atoms with E-state index in [0.29, 0.717) is 13.0 Å². The number of hydrogen-bond donors (Lipinski definition) is 1. The standard InChI is InChI=1S/C13H23NO4/c1-8-6-10(7-17-8)11(15)14-9(2)12(16)18-13(3,4)5/h8-10H,6-7H2,1-5H3,(H,14,15)/t8?,9-,10?/m1/s1. The first-order valence-electron chi connectivity index (χ1n) is 6.34. The zero-order valence-electron chi connectivity index (χ0n) is 11.8. The van der Waals surface area contributed by atoms with E-state index in [-0.39, 0.29) is 17.9 Å². The summed E-state index contributed by atoms with van der Waals surface area (Å²) in [6.07, 6.45) is 0.810. The molecule has 0 aromatic carbocycles. The van der Waals surface area contributed by atoms with E-state index >= 15 is 0 Å². The molecule has 1 rings (SSSR count). The minimum Gasteiger partial charge on any atom is -0.458 e. The summed E-state index contributed by atoms with van der Waals surface area (Å²) in [7, 11) is 0. The van der Waals surface area contributed by atoms with Crippen molar-refractivity contribution in [2.24, 2.45) is 5.92 Å². The number of carbonyl (C=O) groups excluding carboxylic acids is 2. The maximum Gasteiger partial charge on any atom is 0.328 e. The Bertz CT molecular complexity index is 321. The molecule has 2 unspecified atom stereocenters. The van der Waals surface area contributed by atoms with Gasteiger partial charge in [-0.05, 0) is 41.0 Å². The van der Waals surface area contributed by atoms with Crippen LogP contribution in [0.15, 0.2) is 0 Å². The molecule has 3 atom stereocenters. The van der Waals surface area contributed by atoms with Crippen LogP contribution in [0.25, 0.3) is 0 Å². The number of carbonyl (C=O) groups is 2. The molecule has 0 aromatic rings. The first kappa shape index (κ1) is 15.0. The maximum atomic E-state index is 11.9. The van der Waals surface area contributed by atoms with Gasteiger partial charge in [-0.25, -0.2) is 4.79 Å². The van der Waals surface area contributed by atoms with Crippen LogP contribution in [0, 0.1) is 5.92 Å². The molecule has 0 bridgehead atoms. The average molecular weight is 257 g/mol. The number of nitrogens with one attached hydrogen (secondary N) is 1. The van der Waals surface area contributed by atoms with E-state index in [2.05, 4.69) is 5.32 Å². The van der Waals surface area contributed by atoms with Crippen molar-refractivity contribution in [2.45, 2.75) is 58.8 Å². The van der Waals surface area contributed by atoms with Crippen LogP contribution in [0.3, 0.4) is 0 Å². The Morgan fingerprint density at radius 2 is 2.00 bits per heavy atom. The summed E-state index contributed by atoms with van der Waals surface area (Å²) in [6.45, 7) is 9.38.